The lowest BCUT2D eigenvalue weighted by molar-refractivity contribution is 0.0645. The number of rotatable bonds is 5. The van der Waals surface area contributed by atoms with Crippen LogP contribution in [0, 0.1) is 11.7 Å². The van der Waals surface area contributed by atoms with Crippen molar-refractivity contribution in [3.8, 4) is 5.75 Å². The minimum atomic E-state index is -0.408. The highest BCUT2D eigenvalue weighted by atomic mass is 19.1. The molecule has 0 radical (unpaired) electrons. The second-order valence-electron chi connectivity index (χ2n) is 5.97. The van der Waals surface area contributed by atoms with E-state index >= 15 is 0 Å². The van der Waals surface area contributed by atoms with E-state index in [9.17, 15) is 4.39 Å². The molecular weight excluding hydrogens is 297 g/mol. The van der Waals surface area contributed by atoms with Crippen LogP contribution < -0.4 is 9.64 Å². The Balaban J connectivity index is 1.80. The molecule has 5 nitrogen and oxygen atoms in total. The number of halogens is 1. The number of anilines is 1. The molecule has 0 unspecified atom stereocenters. The average molecular weight is 319 g/mol. The molecule has 0 saturated carbocycles. The van der Waals surface area contributed by atoms with E-state index in [-0.39, 0.29) is 5.75 Å². The monoisotopic (exact) mass is 319 g/mol. The Bertz CT molecular complexity index is 674. The molecule has 2 aromatic rings. The Labute approximate surface area is 135 Å². The van der Waals surface area contributed by atoms with Crippen LogP contribution in [-0.4, -0.2) is 43.9 Å². The fourth-order valence-electron chi connectivity index (χ4n) is 3.02. The quantitative estimate of drug-likeness (QED) is 0.848. The molecule has 1 saturated heterocycles. The summed E-state index contributed by atoms with van der Waals surface area (Å²) in [7, 11) is 3.47. The van der Waals surface area contributed by atoms with E-state index in [1.807, 2.05) is 7.05 Å². The lowest BCUT2D eigenvalue weighted by atomic mass is 9.96. The third-order valence-electron chi connectivity index (χ3n) is 4.46. The van der Waals surface area contributed by atoms with Crippen molar-refractivity contribution in [2.75, 3.05) is 38.8 Å². The van der Waals surface area contributed by atoms with Crippen molar-refractivity contribution in [2.45, 2.75) is 19.3 Å². The number of aromatic nitrogens is 2. The van der Waals surface area contributed by atoms with Gasteiger partial charge in [0.1, 0.15) is 12.1 Å². The molecule has 124 valence electrons. The summed E-state index contributed by atoms with van der Waals surface area (Å²) in [4.78, 5) is 10.7. The normalized spacial score (nSPS) is 15.8. The van der Waals surface area contributed by atoms with Gasteiger partial charge in [-0.2, -0.15) is 0 Å². The van der Waals surface area contributed by atoms with Crippen LogP contribution in [0.1, 0.15) is 19.3 Å². The Morgan fingerprint density at radius 3 is 2.83 bits per heavy atom. The van der Waals surface area contributed by atoms with Crippen molar-refractivity contribution < 1.29 is 13.9 Å². The maximum absolute atomic E-state index is 13.8. The summed E-state index contributed by atoms with van der Waals surface area (Å²) in [5.41, 5.74) is 0.589. The third-order valence-corrected chi connectivity index (χ3v) is 4.46. The number of ether oxygens (including phenoxy) is 2. The molecule has 0 N–H and O–H groups in total. The summed E-state index contributed by atoms with van der Waals surface area (Å²) < 4.78 is 24.3. The fraction of sp³-hybridized carbons (Fsp3) is 0.529. The molecule has 23 heavy (non-hydrogen) atoms. The second-order valence-corrected chi connectivity index (χ2v) is 5.97. The van der Waals surface area contributed by atoms with Crippen LogP contribution in [0.3, 0.4) is 0 Å². The Hall–Kier alpha value is -1.95. The zero-order valence-corrected chi connectivity index (χ0v) is 13.6. The van der Waals surface area contributed by atoms with E-state index in [1.165, 1.54) is 19.5 Å². The van der Waals surface area contributed by atoms with Gasteiger partial charge in [-0.05, 0) is 31.2 Å². The van der Waals surface area contributed by atoms with Crippen LogP contribution in [0.5, 0.6) is 5.75 Å². The van der Waals surface area contributed by atoms with Crippen LogP contribution in [0.2, 0.25) is 0 Å². The molecule has 1 fully saturated rings. The molecule has 1 aliphatic heterocycles. The molecule has 0 bridgehead atoms. The average Bonchev–Trinajstić information content (AvgIpc) is 2.59. The summed E-state index contributed by atoms with van der Waals surface area (Å²) in [5, 5.41) is 0.806. The molecular formula is C17H22FN3O2. The topological polar surface area (TPSA) is 47.5 Å². The summed E-state index contributed by atoms with van der Waals surface area (Å²) in [6, 6.07) is 3.07. The Morgan fingerprint density at radius 1 is 1.30 bits per heavy atom. The predicted octanol–water partition coefficient (Wildman–Crippen LogP) is 3.03. The molecule has 2 heterocycles. The van der Waals surface area contributed by atoms with Crippen molar-refractivity contribution >= 4 is 16.7 Å². The van der Waals surface area contributed by atoms with Gasteiger partial charge < -0.3 is 14.4 Å². The third kappa shape index (κ3) is 3.52. The van der Waals surface area contributed by atoms with Crippen LogP contribution in [0.25, 0.3) is 10.9 Å². The standard InChI is InChI=1S/C17H22FN3O2/c1-21(6-3-12-4-7-23-8-5-12)17-13-9-16(22-2)14(18)10-15(13)19-11-20-17/h9-12H,3-8H2,1-2H3. The minimum Gasteiger partial charge on any atom is -0.494 e. The van der Waals surface area contributed by atoms with E-state index in [1.54, 1.807) is 6.07 Å². The molecule has 0 atom stereocenters. The second kappa shape index (κ2) is 7.08. The van der Waals surface area contributed by atoms with Crippen molar-refractivity contribution in [1.29, 1.82) is 0 Å². The predicted molar refractivity (Wildman–Crippen MR) is 87.5 cm³/mol. The van der Waals surface area contributed by atoms with Gasteiger partial charge >= 0.3 is 0 Å². The van der Waals surface area contributed by atoms with Crippen molar-refractivity contribution in [3.05, 3.63) is 24.3 Å². The van der Waals surface area contributed by atoms with E-state index < -0.39 is 5.82 Å². The van der Waals surface area contributed by atoms with Crippen LogP contribution in [0.4, 0.5) is 10.2 Å². The first-order chi connectivity index (χ1) is 11.2. The molecule has 0 aliphatic carbocycles. The zero-order chi connectivity index (χ0) is 16.2. The van der Waals surface area contributed by atoms with Crippen LogP contribution in [0.15, 0.2) is 18.5 Å². The fourth-order valence-corrected chi connectivity index (χ4v) is 3.02. The van der Waals surface area contributed by atoms with Gasteiger partial charge in [0.05, 0.1) is 12.6 Å². The first kappa shape index (κ1) is 15.9. The van der Waals surface area contributed by atoms with Crippen molar-refractivity contribution in [1.82, 2.24) is 9.97 Å². The Morgan fingerprint density at radius 2 is 2.09 bits per heavy atom. The van der Waals surface area contributed by atoms with E-state index in [4.69, 9.17) is 9.47 Å². The molecule has 3 rings (SSSR count). The van der Waals surface area contributed by atoms with E-state index in [2.05, 4.69) is 14.9 Å². The summed E-state index contributed by atoms with van der Waals surface area (Å²) in [5.74, 6) is 1.31. The first-order valence-electron chi connectivity index (χ1n) is 7.96. The van der Waals surface area contributed by atoms with Crippen LogP contribution in [-0.2, 0) is 4.74 Å². The minimum absolute atomic E-state index is 0.214. The van der Waals surface area contributed by atoms with Crippen molar-refractivity contribution in [2.24, 2.45) is 5.92 Å². The Kier molecular flexibility index (Phi) is 4.91. The number of fused-ring (bicyclic) bond motifs is 1. The number of hydrogen-bond donors (Lipinski definition) is 0. The van der Waals surface area contributed by atoms with E-state index in [0.717, 1.165) is 50.2 Å². The van der Waals surface area contributed by atoms with E-state index in [0.29, 0.717) is 11.4 Å². The molecule has 1 aromatic carbocycles. The summed E-state index contributed by atoms with van der Waals surface area (Å²) in [6.45, 7) is 2.62. The maximum Gasteiger partial charge on any atom is 0.167 e. The zero-order valence-electron chi connectivity index (χ0n) is 13.6. The van der Waals surface area contributed by atoms with Gasteiger partial charge in [0.25, 0.3) is 0 Å². The molecule has 1 aromatic heterocycles. The molecule has 6 heteroatoms. The van der Waals surface area contributed by atoms with Gasteiger partial charge in [-0.3, -0.25) is 0 Å². The lowest BCUT2D eigenvalue weighted by Crippen LogP contribution is -2.25. The van der Waals surface area contributed by atoms with Gasteiger partial charge in [-0.15, -0.1) is 0 Å². The van der Waals surface area contributed by atoms with Crippen LogP contribution >= 0.6 is 0 Å². The molecule has 1 aliphatic rings. The maximum atomic E-state index is 13.8. The van der Waals surface area contributed by atoms with Gasteiger partial charge in [0.2, 0.25) is 0 Å². The summed E-state index contributed by atoms with van der Waals surface area (Å²) >= 11 is 0. The first-order valence-corrected chi connectivity index (χ1v) is 7.96. The van der Waals surface area contributed by atoms with Gasteiger partial charge in [-0.25, -0.2) is 14.4 Å². The smallest absolute Gasteiger partial charge is 0.167 e. The SMILES string of the molecule is COc1cc2c(N(C)CCC3CCOCC3)ncnc2cc1F. The van der Waals surface area contributed by atoms with Gasteiger partial charge in [-0.1, -0.05) is 0 Å². The molecule has 0 amide bonds. The lowest BCUT2D eigenvalue weighted by Gasteiger charge is -2.25. The van der Waals surface area contributed by atoms with Crippen molar-refractivity contribution in [3.63, 3.8) is 0 Å². The number of benzene rings is 1. The number of hydrogen-bond acceptors (Lipinski definition) is 5. The summed E-state index contributed by atoms with van der Waals surface area (Å²) in [6.07, 6.45) is 4.83. The highest BCUT2D eigenvalue weighted by Crippen LogP contribution is 2.29. The largest absolute Gasteiger partial charge is 0.494 e. The van der Waals surface area contributed by atoms with Gasteiger partial charge in [0.15, 0.2) is 11.6 Å². The van der Waals surface area contributed by atoms with Gasteiger partial charge in [0, 0.05) is 38.3 Å². The molecule has 0 spiro atoms. The highest BCUT2D eigenvalue weighted by molar-refractivity contribution is 5.90. The number of nitrogens with zero attached hydrogens (tertiary/aromatic N) is 3. The number of methoxy groups -OCH3 is 1. The highest BCUT2D eigenvalue weighted by Gasteiger charge is 2.17.